The number of pyridine rings is 2. The van der Waals surface area contributed by atoms with E-state index in [0.29, 0.717) is 33.7 Å². The molecule has 6 heteroatoms. The third-order valence-electron chi connectivity index (χ3n) is 4.13. The predicted molar refractivity (Wildman–Crippen MR) is 98.9 cm³/mol. The number of anilines is 1. The van der Waals surface area contributed by atoms with Crippen LogP contribution < -0.4 is 5.32 Å². The Hall–Kier alpha value is -3.54. The molecule has 0 bridgehead atoms. The van der Waals surface area contributed by atoms with Gasteiger partial charge in [0.25, 0.3) is 11.6 Å². The summed E-state index contributed by atoms with van der Waals surface area (Å²) in [6.07, 6.45) is 3.25. The van der Waals surface area contributed by atoms with Crippen molar-refractivity contribution in [3.8, 4) is 11.3 Å². The molecule has 0 saturated heterocycles. The number of aryl methyl sites for hydroxylation is 2. The second-order valence-corrected chi connectivity index (χ2v) is 6.07. The van der Waals surface area contributed by atoms with Crippen LogP contribution in [0.5, 0.6) is 0 Å². The fourth-order valence-corrected chi connectivity index (χ4v) is 2.78. The quantitative estimate of drug-likeness (QED) is 0.604. The first-order valence-corrected chi connectivity index (χ1v) is 8.17. The normalized spacial score (nSPS) is 10.8. The summed E-state index contributed by atoms with van der Waals surface area (Å²) in [5.74, 6) is -0.259. The lowest BCUT2D eigenvalue weighted by Crippen LogP contribution is -2.13. The van der Waals surface area contributed by atoms with Crippen LogP contribution in [0.15, 0.2) is 59.4 Å². The second-order valence-electron chi connectivity index (χ2n) is 6.07. The molecule has 6 nitrogen and oxygen atoms in total. The lowest BCUT2D eigenvalue weighted by molar-refractivity contribution is 0.102. The van der Waals surface area contributed by atoms with Gasteiger partial charge in [-0.25, -0.2) is 4.98 Å². The highest BCUT2D eigenvalue weighted by atomic mass is 16.5. The molecule has 0 spiro atoms. The van der Waals surface area contributed by atoms with Gasteiger partial charge in [-0.1, -0.05) is 35.0 Å². The first-order valence-electron chi connectivity index (χ1n) is 8.17. The average molecular weight is 344 g/mol. The number of carbonyl (C=O) groups excluding carboxylic acids is 1. The van der Waals surface area contributed by atoms with E-state index in [9.17, 15) is 4.79 Å². The van der Waals surface area contributed by atoms with Gasteiger partial charge in [0.15, 0.2) is 0 Å². The molecule has 0 aliphatic carbocycles. The van der Waals surface area contributed by atoms with Gasteiger partial charge in [0.05, 0.1) is 34.2 Å². The van der Waals surface area contributed by atoms with Crippen molar-refractivity contribution >= 4 is 22.7 Å². The number of nitrogens with one attached hydrogen (secondary N) is 1. The summed E-state index contributed by atoms with van der Waals surface area (Å²) >= 11 is 0. The summed E-state index contributed by atoms with van der Waals surface area (Å²) in [5.41, 5.74) is 4.77. The number of aromatic nitrogens is 3. The molecule has 0 saturated carbocycles. The number of nitrogens with zero attached hydrogens (tertiary/aromatic N) is 3. The topological polar surface area (TPSA) is 80.9 Å². The Morgan fingerprint density at radius 2 is 1.92 bits per heavy atom. The predicted octanol–water partition coefficient (Wildman–Crippen LogP) is 4.15. The Labute approximate surface area is 149 Å². The lowest BCUT2D eigenvalue weighted by atomic mass is 10.0. The molecule has 0 unspecified atom stereocenters. The largest absolute Gasteiger partial charge is 0.335 e. The monoisotopic (exact) mass is 344 g/mol. The van der Waals surface area contributed by atoms with E-state index in [1.54, 1.807) is 37.5 Å². The molecule has 26 heavy (non-hydrogen) atoms. The highest BCUT2D eigenvalue weighted by Crippen LogP contribution is 2.27. The number of amides is 1. The number of hydrogen-bond donors (Lipinski definition) is 1. The van der Waals surface area contributed by atoms with Gasteiger partial charge >= 0.3 is 0 Å². The number of benzene rings is 1. The zero-order valence-electron chi connectivity index (χ0n) is 14.4. The van der Waals surface area contributed by atoms with E-state index < -0.39 is 0 Å². The van der Waals surface area contributed by atoms with Crippen molar-refractivity contribution in [2.24, 2.45) is 0 Å². The molecule has 3 aromatic heterocycles. The lowest BCUT2D eigenvalue weighted by Gasteiger charge is -2.08. The standard InChI is InChI=1S/C20H16N4O2/c1-12-5-7-14(8-6-12)17-10-16(18-13(2)24-26-20(18)23-17)19(25)22-15-4-3-9-21-11-15/h3-11H,1-2H3,(H,22,25). The molecular formula is C20H16N4O2. The number of hydrogen-bond acceptors (Lipinski definition) is 5. The van der Waals surface area contributed by atoms with Gasteiger partial charge in [0.1, 0.15) is 0 Å². The minimum absolute atomic E-state index is 0.259. The smallest absolute Gasteiger partial charge is 0.259 e. The van der Waals surface area contributed by atoms with Crippen molar-refractivity contribution in [1.82, 2.24) is 15.1 Å². The molecule has 4 rings (SSSR count). The zero-order valence-corrected chi connectivity index (χ0v) is 14.4. The molecule has 4 aromatic rings. The van der Waals surface area contributed by atoms with Crippen LogP contribution in [0.2, 0.25) is 0 Å². The minimum atomic E-state index is -0.259. The minimum Gasteiger partial charge on any atom is -0.335 e. The third kappa shape index (κ3) is 2.93. The van der Waals surface area contributed by atoms with Crippen LogP contribution in [0.1, 0.15) is 21.6 Å². The maximum Gasteiger partial charge on any atom is 0.259 e. The van der Waals surface area contributed by atoms with Gasteiger partial charge in [-0.15, -0.1) is 0 Å². The molecule has 0 atom stereocenters. The molecule has 3 heterocycles. The van der Waals surface area contributed by atoms with E-state index in [1.807, 2.05) is 31.2 Å². The summed E-state index contributed by atoms with van der Waals surface area (Å²) in [7, 11) is 0. The zero-order chi connectivity index (χ0) is 18.1. The fraction of sp³-hybridized carbons (Fsp3) is 0.100. The van der Waals surface area contributed by atoms with Gasteiger partial charge in [-0.2, -0.15) is 0 Å². The summed E-state index contributed by atoms with van der Waals surface area (Å²) in [4.78, 5) is 21.4. The summed E-state index contributed by atoms with van der Waals surface area (Å²) in [6.45, 7) is 3.81. The highest BCUT2D eigenvalue weighted by Gasteiger charge is 2.19. The van der Waals surface area contributed by atoms with Gasteiger partial charge in [0, 0.05) is 11.8 Å². The van der Waals surface area contributed by atoms with Crippen LogP contribution >= 0.6 is 0 Å². The Kier molecular flexibility index (Phi) is 3.93. The van der Waals surface area contributed by atoms with Crippen molar-refractivity contribution < 1.29 is 9.32 Å². The number of fused-ring (bicyclic) bond motifs is 1. The van der Waals surface area contributed by atoms with Gasteiger partial charge in [-0.3, -0.25) is 9.78 Å². The molecular weight excluding hydrogens is 328 g/mol. The molecule has 128 valence electrons. The van der Waals surface area contributed by atoms with Crippen molar-refractivity contribution in [2.45, 2.75) is 13.8 Å². The maximum atomic E-state index is 12.9. The van der Waals surface area contributed by atoms with E-state index >= 15 is 0 Å². The van der Waals surface area contributed by atoms with Crippen molar-refractivity contribution in [3.63, 3.8) is 0 Å². The number of rotatable bonds is 3. The highest BCUT2D eigenvalue weighted by molar-refractivity contribution is 6.12. The molecule has 0 aliphatic heterocycles. The summed E-state index contributed by atoms with van der Waals surface area (Å²) in [5, 5.41) is 7.43. The van der Waals surface area contributed by atoms with Gasteiger partial charge < -0.3 is 9.84 Å². The summed E-state index contributed by atoms with van der Waals surface area (Å²) in [6, 6.07) is 13.3. The first-order chi connectivity index (χ1) is 12.6. The Morgan fingerprint density at radius 1 is 1.12 bits per heavy atom. The Balaban J connectivity index is 1.82. The molecule has 1 amide bonds. The second kappa shape index (κ2) is 6.40. The number of carbonyl (C=O) groups is 1. The van der Waals surface area contributed by atoms with Crippen LogP contribution in [-0.4, -0.2) is 21.0 Å². The van der Waals surface area contributed by atoms with Gasteiger partial charge in [0.2, 0.25) is 0 Å². The summed E-state index contributed by atoms with van der Waals surface area (Å²) < 4.78 is 5.32. The van der Waals surface area contributed by atoms with E-state index in [4.69, 9.17) is 4.52 Å². The average Bonchev–Trinajstić information content (AvgIpc) is 3.03. The van der Waals surface area contributed by atoms with E-state index in [0.717, 1.165) is 11.1 Å². The Morgan fingerprint density at radius 3 is 2.65 bits per heavy atom. The SMILES string of the molecule is Cc1ccc(-c2cc(C(=O)Nc3cccnc3)c3c(C)noc3n2)cc1. The van der Waals surface area contributed by atoms with E-state index in [-0.39, 0.29) is 5.91 Å². The van der Waals surface area contributed by atoms with Crippen LogP contribution in [0.4, 0.5) is 5.69 Å². The van der Waals surface area contributed by atoms with Crippen molar-refractivity contribution in [2.75, 3.05) is 5.32 Å². The van der Waals surface area contributed by atoms with Crippen LogP contribution in [-0.2, 0) is 0 Å². The maximum absolute atomic E-state index is 12.9. The third-order valence-corrected chi connectivity index (χ3v) is 4.13. The molecule has 0 fully saturated rings. The van der Waals surface area contributed by atoms with Crippen LogP contribution in [0, 0.1) is 13.8 Å². The molecule has 0 aliphatic rings. The molecule has 0 radical (unpaired) electrons. The van der Waals surface area contributed by atoms with E-state index in [2.05, 4.69) is 20.4 Å². The van der Waals surface area contributed by atoms with E-state index in [1.165, 1.54) is 0 Å². The molecule has 1 aromatic carbocycles. The van der Waals surface area contributed by atoms with Crippen LogP contribution in [0.25, 0.3) is 22.4 Å². The molecule has 1 N–H and O–H groups in total. The van der Waals surface area contributed by atoms with Crippen molar-refractivity contribution in [3.05, 3.63) is 71.7 Å². The first kappa shape index (κ1) is 16.0. The van der Waals surface area contributed by atoms with Gasteiger partial charge in [-0.05, 0) is 32.0 Å². The Bertz CT molecular complexity index is 1090. The van der Waals surface area contributed by atoms with Crippen LogP contribution in [0.3, 0.4) is 0 Å². The van der Waals surface area contributed by atoms with Crippen molar-refractivity contribution in [1.29, 1.82) is 0 Å². The fourth-order valence-electron chi connectivity index (χ4n) is 2.78.